The number of amides is 2. The van der Waals surface area contributed by atoms with Gasteiger partial charge in [-0.3, -0.25) is 4.79 Å². The second-order valence-corrected chi connectivity index (χ2v) is 3.70. The lowest BCUT2D eigenvalue weighted by Crippen LogP contribution is -2.41. The van der Waals surface area contributed by atoms with Crippen molar-refractivity contribution in [2.24, 2.45) is 0 Å². The van der Waals surface area contributed by atoms with Crippen LogP contribution in [0.1, 0.15) is 20.3 Å². The molecule has 1 saturated heterocycles. The molecule has 1 unspecified atom stereocenters. The number of likely N-dealkylation sites (tertiary alicyclic amines) is 1. The molecular weight excluding hydrogens is 184 g/mol. The Balaban J connectivity index is 2.38. The molecule has 1 N–H and O–H groups in total. The van der Waals surface area contributed by atoms with Gasteiger partial charge in [0.05, 0.1) is 6.10 Å². The van der Waals surface area contributed by atoms with E-state index in [1.165, 1.54) is 0 Å². The molecule has 0 aromatic carbocycles. The quantitative estimate of drug-likeness (QED) is 0.699. The van der Waals surface area contributed by atoms with E-state index in [9.17, 15) is 9.59 Å². The van der Waals surface area contributed by atoms with Gasteiger partial charge in [0.25, 0.3) is 0 Å². The molecule has 0 aromatic heterocycles. The van der Waals surface area contributed by atoms with Gasteiger partial charge in [-0.25, -0.2) is 4.79 Å². The Bertz CT molecular complexity index is 240. The van der Waals surface area contributed by atoms with Crippen molar-refractivity contribution in [3.8, 4) is 0 Å². The van der Waals surface area contributed by atoms with Gasteiger partial charge < -0.3 is 15.0 Å². The zero-order valence-electron chi connectivity index (χ0n) is 8.74. The van der Waals surface area contributed by atoms with Crippen molar-refractivity contribution in [1.29, 1.82) is 0 Å². The molecule has 5 nitrogen and oxygen atoms in total. The Morgan fingerprint density at radius 2 is 2.29 bits per heavy atom. The molecular formula is C9H16N2O3. The minimum Gasteiger partial charge on any atom is -0.447 e. The summed E-state index contributed by atoms with van der Waals surface area (Å²) in [5, 5.41) is 2.54. The summed E-state index contributed by atoms with van der Waals surface area (Å²) >= 11 is 0. The molecule has 1 rings (SSSR count). The van der Waals surface area contributed by atoms with E-state index in [-0.39, 0.29) is 12.0 Å². The third-order valence-electron chi connectivity index (χ3n) is 2.06. The zero-order chi connectivity index (χ0) is 10.7. The summed E-state index contributed by atoms with van der Waals surface area (Å²) in [5.41, 5.74) is 0. The highest BCUT2D eigenvalue weighted by atomic mass is 16.6. The number of hydrogen-bond acceptors (Lipinski definition) is 3. The van der Waals surface area contributed by atoms with Gasteiger partial charge in [0.15, 0.2) is 0 Å². The number of ether oxygens (including phenoxy) is 1. The molecule has 0 spiro atoms. The van der Waals surface area contributed by atoms with Gasteiger partial charge in [-0.15, -0.1) is 0 Å². The minimum atomic E-state index is -0.520. The van der Waals surface area contributed by atoms with Gasteiger partial charge in [-0.05, 0) is 20.3 Å². The van der Waals surface area contributed by atoms with Crippen LogP contribution >= 0.6 is 0 Å². The summed E-state index contributed by atoms with van der Waals surface area (Å²) in [6, 6.07) is -0.411. The van der Waals surface area contributed by atoms with Crippen molar-refractivity contribution in [1.82, 2.24) is 10.2 Å². The Kier molecular flexibility index (Phi) is 3.33. The third-order valence-corrected chi connectivity index (χ3v) is 2.06. The van der Waals surface area contributed by atoms with E-state index in [1.54, 1.807) is 25.8 Å². The topological polar surface area (TPSA) is 58.6 Å². The fraction of sp³-hybridized carbons (Fsp3) is 0.778. The van der Waals surface area contributed by atoms with Crippen molar-refractivity contribution in [3.05, 3.63) is 0 Å². The summed E-state index contributed by atoms with van der Waals surface area (Å²) in [4.78, 5) is 24.1. The van der Waals surface area contributed by atoms with Crippen LogP contribution in [-0.4, -0.2) is 42.6 Å². The van der Waals surface area contributed by atoms with Crippen LogP contribution in [0.3, 0.4) is 0 Å². The average molecular weight is 200 g/mol. The number of carbonyl (C=O) groups excluding carboxylic acids is 2. The molecule has 1 aliphatic rings. The van der Waals surface area contributed by atoms with E-state index in [0.717, 1.165) is 0 Å². The number of alkyl carbamates (subject to hydrolysis) is 1. The number of likely N-dealkylation sites (N-methyl/N-ethyl adjacent to an activating group) is 1. The van der Waals surface area contributed by atoms with Crippen LogP contribution in [0.2, 0.25) is 0 Å². The van der Waals surface area contributed by atoms with Crippen molar-refractivity contribution >= 4 is 12.0 Å². The maximum absolute atomic E-state index is 11.4. The van der Waals surface area contributed by atoms with Gasteiger partial charge >= 0.3 is 6.09 Å². The van der Waals surface area contributed by atoms with E-state index in [4.69, 9.17) is 4.74 Å². The van der Waals surface area contributed by atoms with Crippen LogP contribution in [0.4, 0.5) is 4.79 Å². The maximum atomic E-state index is 11.4. The molecule has 0 radical (unpaired) electrons. The summed E-state index contributed by atoms with van der Waals surface area (Å²) in [6.07, 6.45) is -0.0272. The number of rotatable bonds is 2. The summed E-state index contributed by atoms with van der Waals surface area (Å²) in [5.74, 6) is -0.0503. The smallest absolute Gasteiger partial charge is 0.408 e. The first kappa shape index (κ1) is 10.8. The van der Waals surface area contributed by atoms with Crippen LogP contribution in [0, 0.1) is 0 Å². The number of carbonyl (C=O) groups is 2. The number of nitrogens with one attached hydrogen (secondary N) is 1. The Morgan fingerprint density at radius 3 is 2.71 bits per heavy atom. The number of nitrogens with zero attached hydrogens (tertiary/aromatic N) is 1. The van der Waals surface area contributed by atoms with Crippen molar-refractivity contribution in [2.75, 3.05) is 13.6 Å². The largest absolute Gasteiger partial charge is 0.447 e. The Labute approximate surface area is 83.4 Å². The van der Waals surface area contributed by atoms with Gasteiger partial charge in [0.1, 0.15) is 6.04 Å². The maximum Gasteiger partial charge on any atom is 0.408 e. The second-order valence-electron chi connectivity index (χ2n) is 3.70. The summed E-state index contributed by atoms with van der Waals surface area (Å²) in [6.45, 7) is 4.22. The fourth-order valence-electron chi connectivity index (χ4n) is 1.35. The molecule has 80 valence electrons. The Hall–Kier alpha value is -1.26. The normalized spacial score (nSPS) is 21.6. The van der Waals surface area contributed by atoms with Gasteiger partial charge in [-0.2, -0.15) is 0 Å². The number of hydrogen-bond donors (Lipinski definition) is 1. The lowest BCUT2D eigenvalue weighted by molar-refractivity contribution is -0.128. The molecule has 1 atom stereocenters. The molecule has 5 heteroatoms. The molecule has 14 heavy (non-hydrogen) atoms. The predicted octanol–water partition coefficient (Wildman–Crippen LogP) is 0.352. The fourth-order valence-corrected chi connectivity index (χ4v) is 1.35. The van der Waals surface area contributed by atoms with Crippen LogP contribution < -0.4 is 5.32 Å². The molecule has 2 amide bonds. The average Bonchev–Trinajstić information content (AvgIpc) is 2.34. The van der Waals surface area contributed by atoms with E-state index in [1.807, 2.05) is 0 Å². The van der Waals surface area contributed by atoms with Crippen LogP contribution in [-0.2, 0) is 9.53 Å². The standard InChI is InChI=1S/C9H16N2O3/c1-6(2)14-9(13)10-7-4-5-11(3)8(7)12/h6-7H,4-5H2,1-3H3,(H,10,13). The summed E-state index contributed by atoms with van der Waals surface area (Å²) in [7, 11) is 1.72. The zero-order valence-corrected chi connectivity index (χ0v) is 8.74. The highest BCUT2D eigenvalue weighted by Crippen LogP contribution is 2.08. The van der Waals surface area contributed by atoms with E-state index < -0.39 is 12.1 Å². The predicted molar refractivity (Wildman–Crippen MR) is 50.8 cm³/mol. The molecule has 0 aromatic rings. The molecule has 0 bridgehead atoms. The highest BCUT2D eigenvalue weighted by molar-refractivity contribution is 5.87. The molecule has 0 saturated carbocycles. The molecule has 0 aliphatic carbocycles. The minimum absolute atomic E-state index is 0.0503. The summed E-state index contributed by atoms with van der Waals surface area (Å²) < 4.78 is 4.87. The first-order valence-electron chi connectivity index (χ1n) is 4.73. The lowest BCUT2D eigenvalue weighted by Gasteiger charge is -2.13. The third kappa shape index (κ3) is 2.61. The van der Waals surface area contributed by atoms with Crippen molar-refractivity contribution < 1.29 is 14.3 Å². The molecule has 1 fully saturated rings. The van der Waals surface area contributed by atoms with Gasteiger partial charge in [0, 0.05) is 13.6 Å². The van der Waals surface area contributed by atoms with Gasteiger partial charge in [-0.1, -0.05) is 0 Å². The van der Waals surface area contributed by atoms with Crippen LogP contribution in [0.15, 0.2) is 0 Å². The monoisotopic (exact) mass is 200 g/mol. The first-order chi connectivity index (χ1) is 6.50. The van der Waals surface area contributed by atoms with E-state index in [2.05, 4.69) is 5.32 Å². The van der Waals surface area contributed by atoms with Crippen LogP contribution in [0.5, 0.6) is 0 Å². The molecule has 1 heterocycles. The molecule has 1 aliphatic heterocycles. The van der Waals surface area contributed by atoms with Crippen molar-refractivity contribution in [2.45, 2.75) is 32.4 Å². The van der Waals surface area contributed by atoms with E-state index >= 15 is 0 Å². The highest BCUT2D eigenvalue weighted by Gasteiger charge is 2.30. The lowest BCUT2D eigenvalue weighted by atomic mass is 10.2. The Morgan fingerprint density at radius 1 is 1.64 bits per heavy atom. The van der Waals surface area contributed by atoms with E-state index in [0.29, 0.717) is 13.0 Å². The van der Waals surface area contributed by atoms with Crippen molar-refractivity contribution in [3.63, 3.8) is 0 Å². The van der Waals surface area contributed by atoms with Crippen LogP contribution in [0.25, 0.3) is 0 Å². The van der Waals surface area contributed by atoms with Gasteiger partial charge in [0.2, 0.25) is 5.91 Å². The SMILES string of the molecule is CC(C)OC(=O)NC1CCN(C)C1=O. The second kappa shape index (κ2) is 4.30. The first-order valence-corrected chi connectivity index (χ1v) is 4.73.